The maximum atomic E-state index is 14.0. The molecule has 1 nitrogen and oxygen atoms in total. The molecule has 2 unspecified atom stereocenters. The summed E-state index contributed by atoms with van der Waals surface area (Å²) in [5, 5.41) is 12.1. The molecule has 23 heavy (non-hydrogen) atoms. The maximum absolute atomic E-state index is 14.0. The molecule has 1 aliphatic carbocycles. The zero-order chi connectivity index (χ0) is 16.2. The van der Waals surface area contributed by atoms with Crippen LogP contribution in [0.25, 0.3) is 0 Å². The van der Waals surface area contributed by atoms with Crippen LogP contribution in [0, 0.1) is 18.7 Å². The molecule has 0 heterocycles. The van der Waals surface area contributed by atoms with E-state index in [1.165, 1.54) is 6.07 Å². The average molecular weight is 326 g/mol. The Hall–Kier alpha value is -1.92. The van der Waals surface area contributed by atoms with Gasteiger partial charge in [0.15, 0.2) is 0 Å². The number of phenols is 1. The first kappa shape index (κ1) is 16.0. The number of halogens is 1. The molecule has 0 spiro atoms. The Morgan fingerprint density at radius 3 is 2.74 bits per heavy atom. The van der Waals surface area contributed by atoms with Crippen molar-refractivity contribution < 1.29 is 9.50 Å². The maximum Gasteiger partial charge on any atom is 0.131 e. The number of aromatic hydroxyl groups is 1. The standard InChI is InChI=1S/C20H20FOP/c1-14-7-5-11-17(21)20(14)23-18-12-6-10-16(19(18)22)13-15-8-3-2-4-9-15/h2-8,10-12,15,22-23H,9,13H2,1H3. The molecule has 3 heteroatoms. The fraction of sp³-hybridized carbons (Fsp3) is 0.200. The lowest BCUT2D eigenvalue weighted by molar-refractivity contribution is 0.467. The van der Waals surface area contributed by atoms with Crippen LogP contribution in [0.15, 0.2) is 60.7 Å². The van der Waals surface area contributed by atoms with Crippen molar-refractivity contribution in [2.75, 3.05) is 0 Å². The van der Waals surface area contributed by atoms with E-state index in [4.69, 9.17) is 0 Å². The number of rotatable bonds is 4. The van der Waals surface area contributed by atoms with Gasteiger partial charge in [0.2, 0.25) is 0 Å². The smallest absolute Gasteiger partial charge is 0.131 e. The third-order valence-electron chi connectivity index (χ3n) is 4.15. The van der Waals surface area contributed by atoms with Crippen LogP contribution in [0.2, 0.25) is 0 Å². The zero-order valence-corrected chi connectivity index (χ0v) is 14.1. The van der Waals surface area contributed by atoms with Gasteiger partial charge in [-0.05, 0) is 42.9 Å². The molecule has 0 aliphatic heterocycles. The van der Waals surface area contributed by atoms with E-state index in [0.717, 1.165) is 29.3 Å². The fourth-order valence-electron chi connectivity index (χ4n) is 2.85. The predicted molar refractivity (Wildman–Crippen MR) is 96.9 cm³/mol. The molecule has 0 bridgehead atoms. The normalized spacial score (nSPS) is 17.2. The fourth-order valence-corrected chi connectivity index (χ4v) is 4.06. The van der Waals surface area contributed by atoms with E-state index >= 15 is 0 Å². The van der Waals surface area contributed by atoms with Crippen molar-refractivity contribution in [3.63, 3.8) is 0 Å². The Balaban J connectivity index is 1.85. The van der Waals surface area contributed by atoms with E-state index in [2.05, 4.69) is 24.3 Å². The molecule has 0 amide bonds. The van der Waals surface area contributed by atoms with Gasteiger partial charge in [0.1, 0.15) is 11.6 Å². The molecule has 2 aromatic carbocycles. The second kappa shape index (κ2) is 7.10. The summed E-state index contributed by atoms with van der Waals surface area (Å²) in [7, 11) is 0.125. The van der Waals surface area contributed by atoms with Crippen LogP contribution < -0.4 is 10.6 Å². The lowest BCUT2D eigenvalue weighted by Crippen LogP contribution is -2.12. The summed E-state index contributed by atoms with van der Waals surface area (Å²) >= 11 is 0. The van der Waals surface area contributed by atoms with Gasteiger partial charge >= 0.3 is 0 Å². The summed E-state index contributed by atoms with van der Waals surface area (Å²) in [6.45, 7) is 1.91. The summed E-state index contributed by atoms with van der Waals surface area (Å²) in [4.78, 5) is 0. The summed E-state index contributed by atoms with van der Waals surface area (Å²) in [6.07, 6.45) is 10.2. The topological polar surface area (TPSA) is 20.2 Å². The van der Waals surface area contributed by atoms with Crippen molar-refractivity contribution in [3.05, 3.63) is 77.6 Å². The van der Waals surface area contributed by atoms with Gasteiger partial charge in [-0.15, -0.1) is 0 Å². The molecule has 1 aliphatic rings. The zero-order valence-electron chi connectivity index (χ0n) is 13.1. The second-order valence-electron chi connectivity index (χ2n) is 5.88. The molecule has 0 fully saturated rings. The quantitative estimate of drug-likeness (QED) is 0.837. The van der Waals surface area contributed by atoms with Crippen molar-refractivity contribution in [2.45, 2.75) is 19.8 Å². The second-order valence-corrected chi connectivity index (χ2v) is 7.17. The van der Waals surface area contributed by atoms with Crippen molar-refractivity contribution in [1.82, 2.24) is 0 Å². The molecule has 0 saturated carbocycles. The van der Waals surface area contributed by atoms with Gasteiger partial charge in [-0.25, -0.2) is 4.39 Å². The molecule has 1 N–H and O–H groups in total. The Morgan fingerprint density at radius 1 is 1.17 bits per heavy atom. The number of phenolic OH excluding ortho intramolecular Hbond substituents is 1. The Morgan fingerprint density at radius 2 is 2.00 bits per heavy atom. The predicted octanol–water partition coefficient (Wildman–Crippen LogP) is 4.14. The first-order valence-electron chi connectivity index (χ1n) is 7.81. The van der Waals surface area contributed by atoms with Gasteiger partial charge in [0.25, 0.3) is 0 Å². The molecular formula is C20H20FOP. The SMILES string of the molecule is Cc1cccc(F)c1Pc1cccc(CC2C=CC=CC2)c1O. The van der Waals surface area contributed by atoms with Crippen molar-refractivity contribution in [1.29, 1.82) is 0 Å². The number of para-hydroxylation sites is 1. The van der Waals surface area contributed by atoms with E-state index in [-0.39, 0.29) is 14.4 Å². The summed E-state index contributed by atoms with van der Waals surface area (Å²) in [5.74, 6) is 0.532. The van der Waals surface area contributed by atoms with Crippen molar-refractivity contribution >= 4 is 19.2 Å². The first-order valence-corrected chi connectivity index (χ1v) is 8.81. The molecule has 0 saturated heterocycles. The molecule has 2 atom stereocenters. The highest BCUT2D eigenvalue weighted by Crippen LogP contribution is 2.27. The van der Waals surface area contributed by atoms with Gasteiger partial charge < -0.3 is 5.11 Å². The van der Waals surface area contributed by atoms with Crippen LogP contribution in [0.1, 0.15) is 17.5 Å². The number of allylic oxidation sites excluding steroid dienone is 4. The van der Waals surface area contributed by atoms with Crippen LogP contribution >= 0.6 is 8.58 Å². The van der Waals surface area contributed by atoms with E-state index in [1.807, 2.05) is 31.2 Å². The minimum atomic E-state index is -0.200. The highest BCUT2D eigenvalue weighted by atomic mass is 31.1. The molecule has 118 valence electrons. The highest BCUT2D eigenvalue weighted by Gasteiger charge is 2.14. The van der Waals surface area contributed by atoms with Crippen molar-refractivity contribution in [3.8, 4) is 5.75 Å². The summed E-state index contributed by atoms with van der Waals surface area (Å²) in [6, 6.07) is 10.9. The number of hydrogen-bond acceptors (Lipinski definition) is 1. The van der Waals surface area contributed by atoms with Gasteiger partial charge in [0.05, 0.1) is 0 Å². The summed E-state index contributed by atoms with van der Waals surface area (Å²) < 4.78 is 14.0. The number of benzene rings is 2. The van der Waals surface area contributed by atoms with E-state index in [9.17, 15) is 9.50 Å². The van der Waals surface area contributed by atoms with Gasteiger partial charge in [0, 0.05) is 10.6 Å². The largest absolute Gasteiger partial charge is 0.507 e. The monoisotopic (exact) mass is 326 g/mol. The lowest BCUT2D eigenvalue weighted by Gasteiger charge is -2.16. The van der Waals surface area contributed by atoms with Crippen LogP contribution in [-0.2, 0) is 6.42 Å². The molecule has 2 aromatic rings. The molecule has 0 aromatic heterocycles. The summed E-state index contributed by atoms with van der Waals surface area (Å²) in [5.41, 5.74) is 1.86. The van der Waals surface area contributed by atoms with Crippen LogP contribution in [0.5, 0.6) is 5.75 Å². The minimum Gasteiger partial charge on any atom is -0.507 e. The number of hydrogen-bond donors (Lipinski definition) is 1. The Labute approximate surface area is 138 Å². The van der Waals surface area contributed by atoms with Gasteiger partial charge in [-0.2, -0.15) is 0 Å². The van der Waals surface area contributed by atoms with Crippen LogP contribution in [0.3, 0.4) is 0 Å². The number of aryl methyl sites for hydroxylation is 1. The molecular weight excluding hydrogens is 306 g/mol. The Kier molecular flexibility index (Phi) is 4.93. The minimum absolute atomic E-state index is 0.125. The van der Waals surface area contributed by atoms with Crippen LogP contribution in [0.4, 0.5) is 4.39 Å². The molecule has 3 rings (SSSR count). The Bertz CT molecular complexity index is 744. The van der Waals surface area contributed by atoms with Gasteiger partial charge in [-0.1, -0.05) is 63.2 Å². The third-order valence-corrected chi connectivity index (χ3v) is 5.71. The highest BCUT2D eigenvalue weighted by molar-refractivity contribution is 7.55. The first-order chi connectivity index (χ1) is 11.1. The van der Waals surface area contributed by atoms with Gasteiger partial charge in [-0.3, -0.25) is 0 Å². The van der Waals surface area contributed by atoms with E-state index < -0.39 is 0 Å². The molecule has 0 radical (unpaired) electrons. The third kappa shape index (κ3) is 3.71. The lowest BCUT2D eigenvalue weighted by atomic mass is 9.93. The van der Waals surface area contributed by atoms with E-state index in [0.29, 0.717) is 17.0 Å². The average Bonchev–Trinajstić information content (AvgIpc) is 2.55. The van der Waals surface area contributed by atoms with E-state index in [1.54, 1.807) is 6.07 Å². The van der Waals surface area contributed by atoms with Crippen molar-refractivity contribution in [2.24, 2.45) is 5.92 Å². The van der Waals surface area contributed by atoms with Crippen LogP contribution in [-0.4, -0.2) is 5.11 Å².